The van der Waals surface area contributed by atoms with Gasteiger partial charge in [0.1, 0.15) is 5.75 Å². The molecular formula is C21H26BrNO3S. The van der Waals surface area contributed by atoms with E-state index in [0.29, 0.717) is 5.56 Å². The van der Waals surface area contributed by atoms with Crippen LogP contribution >= 0.6 is 15.9 Å². The summed E-state index contributed by atoms with van der Waals surface area (Å²) >= 11 is 3.32. The Labute approximate surface area is 170 Å². The van der Waals surface area contributed by atoms with Gasteiger partial charge in [-0.1, -0.05) is 73.1 Å². The molecule has 1 N–H and O–H groups in total. The zero-order chi connectivity index (χ0) is 20.2. The van der Waals surface area contributed by atoms with Crippen molar-refractivity contribution in [3.63, 3.8) is 0 Å². The van der Waals surface area contributed by atoms with E-state index in [4.69, 9.17) is 0 Å². The maximum atomic E-state index is 12.3. The predicted octanol–water partition coefficient (Wildman–Crippen LogP) is 4.54. The van der Waals surface area contributed by atoms with E-state index >= 15 is 0 Å². The first-order valence-corrected chi connectivity index (χ1v) is 11.4. The maximum Gasteiger partial charge on any atom is 0.235 e. The fourth-order valence-corrected chi connectivity index (χ4v) is 4.27. The molecule has 0 spiro atoms. The third-order valence-corrected chi connectivity index (χ3v) is 6.31. The number of sulfone groups is 1. The third kappa shape index (κ3) is 6.78. The van der Waals surface area contributed by atoms with Crippen LogP contribution in [0.5, 0.6) is 0 Å². The van der Waals surface area contributed by atoms with Gasteiger partial charge in [-0.3, -0.25) is 4.79 Å². The van der Waals surface area contributed by atoms with Crippen LogP contribution in [-0.4, -0.2) is 20.1 Å². The van der Waals surface area contributed by atoms with Crippen LogP contribution in [0.15, 0.2) is 53.0 Å². The van der Waals surface area contributed by atoms with Gasteiger partial charge in [0.2, 0.25) is 5.91 Å². The molecule has 0 heterocycles. The fourth-order valence-electron chi connectivity index (χ4n) is 2.72. The molecule has 0 bridgehead atoms. The van der Waals surface area contributed by atoms with Crippen molar-refractivity contribution in [3.05, 3.63) is 69.7 Å². The highest BCUT2D eigenvalue weighted by Crippen LogP contribution is 2.24. The van der Waals surface area contributed by atoms with E-state index in [2.05, 4.69) is 42.0 Å². The zero-order valence-corrected chi connectivity index (χ0v) is 18.5. The first-order chi connectivity index (χ1) is 12.5. The molecule has 2 rings (SSSR count). The monoisotopic (exact) mass is 451 g/mol. The number of hydrogen-bond acceptors (Lipinski definition) is 3. The van der Waals surface area contributed by atoms with E-state index in [-0.39, 0.29) is 17.2 Å². The van der Waals surface area contributed by atoms with Gasteiger partial charge in [-0.2, -0.15) is 0 Å². The number of carbonyl (C=O) groups excluding carboxylic acids is 1. The van der Waals surface area contributed by atoms with Gasteiger partial charge in [-0.15, -0.1) is 0 Å². The molecule has 0 aliphatic carbocycles. The topological polar surface area (TPSA) is 63.2 Å². The standard InChI is InChI=1S/C21H26BrNO3S/c1-15(17-7-9-18(10-8-17)21(2,3)4)23-20(24)14-27(25,26)13-16-5-11-19(22)12-6-16/h5-12,15H,13-14H2,1-4H3,(H,23,24). The van der Waals surface area contributed by atoms with Gasteiger partial charge in [-0.25, -0.2) is 8.42 Å². The van der Waals surface area contributed by atoms with E-state index in [1.54, 1.807) is 24.3 Å². The van der Waals surface area contributed by atoms with E-state index in [1.807, 2.05) is 31.2 Å². The van der Waals surface area contributed by atoms with Crippen molar-refractivity contribution < 1.29 is 13.2 Å². The summed E-state index contributed by atoms with van der Waals surface area (Å²) in [6.45, 7) is 8.28. The smallest absolute Gasteiger partial charge is 0.235 e. The molecule has 1 amide bonds. The largest absolute Gasteiger partial charge is 0.349 e. The second kappa shape index (κ2) is 8.57. The first-order valence-electron chi connectivity index (χ1n) is 8.81. The number of carbonyl (C=O) groups is 1. The van der Waals surface area contributed by atoms with Gasteiger partial charge >= 0.3 is 0 Å². The normalized spacial score (nSPS) is 13.2. The quantitative estimate of drug-likeness (QED) is 0.700. The molecule has 0 aromatic heterocycles. The van der Waals surface area contributed by atoms with Crippen molar-refractivity contribution in [3.8, 4) is 0 Å². The van der Waals surface area contributed by atoms with Crippen LogP contribution in [0.25, 0.3) is 0 Å². The minimum Gasteiger partial charge on any atom is -0.349 e. The molecule has 4 nitrogen and oxygen atoms in total. The van der Waals surface area contributed by atoms with Crippen LogP contribution < -0.4 is 5.32 Å². The van der Waals surface area contributed by atoms with Gasteiger partial charge < -0.3 is 5.32 Å². The summed E-state index contributed by atoms with van der Waals surface area (Å²) in [4.78, 5) is 12.2. The Hall–Kier alpha value is -1.66. The van der Waals surface area contributed by atoms with E-state index < -0.39 is 21.5 Å². The highest BCUT2D eigenvalue weighted by atomic mass is 79.9. The Morgan fingerprint density at radius 3 is 2.11 bits per heavy atom. The molecular weight excluding hydrogens is 426 g/mol. The Morgan fingerprint density at radius 2 is 1.59 bits per heavy atom. The van der Waals surface area contributed by atoms with E-state index in [0.717, 1.165) is 10.0 Å². The van der Waals surface area contributed by atoms with Gasteiger partial charge in [0.25, 0.3) is 0 Å². The molecule has 2 aromatic rings. The lowest BCUT2D eigenvalue weighted by molar-refractivity contribution is -0.119. The van der Waals surface area contributed by atoms with Crippen molar-refractivity contribution in [2.45, 2.75) is 44.9 Å². The molecule has 0 saturated carbocycles. The van der Waals surface area contributed by atoms with Crippen molar-refractivity contribution >= 4 is 31.7 Å². The van der Waals surface area contributed by atoms with Gasteiger partial charge in [-0.05, 0) is 41.2 Å². The summed E-state index contributed by atoms with van der Waals surface area (Å²) in [5, 5.41) is 2.78. The number of rotatable bonds is 6. The van der Waals surface area contributed by atoms with Gasteiger partial charge in [0.15, 0.2) is 9.84 Å². The number of halogens is 1. The second-order valence-corrected chi connectivity index (χ2v) is 10.8. The number of benzene rings is 2. The lowest BCUT2D eigenvalue weighted by Gasteiger charge is -2.20. The molecule has 0 aliphatic heterocycles. The number of nitrogens with one attached hydrogen (secondary N) is 1. The molecule has 0 aliphatic rings. The molecule has 1 unspecified atom stereocenters. The summed E-state index contributed by atoms with van der Waals surface area (Å²) in [5.74, 6) is -1.16. The predicted molar refractivity (Wildman–Crippen MR) is 113 cm³/mol. The highest BCUT2D eigenvalue weighted by molar-refractivity contribution is 9.10. The van der Waals surface area contributed by atoms with E-state index in [9.17, 15) is 13.2 Å². The van der Waals surface area contributed by atoms with Crippen LogP contribution in [0.2, 0.25) is 0 Å². The van der Waals surface area contributed by atoms with Crippen molar-refractivity contribution in [1.29, 1.82) is 0 Å². The van der Waals surface area contributed by atoms with Gasteiger partial charge in [0.05, 0.1) is 11.8 Å². The fraction of sp³-hybridized carbons (Fsp3) is 0.381. The van der Waals surface area contributed by atoms with Crippen LogP contribution in [0.4, 0.5) is 0 Å². The molecule has 2 aromatic carbocycles. The molecule has 6 heteroatoms. The summed E-state index contributed by atoms with van der Waals surface area (Å²) in [6, 6.07) is 14.8. The Balaban J connectivity index is 1.96. The highest BCUT2D eigenvalue weighted by Gasteiger charge is 2.20. The van der Waals surface area contributed by atoms with E-state index in [1.165, 1.54) is 5.56 Å². The van der Waals surface area contributed by atoms with Crippen LogP contribution in [0, 0.1) is 0 Å². The zero-order valence-electron chi connectivity index (χ0n) is 16.1. The lowest BCUT2D eigenvalue weighted by atomic mass is 9.86. The van der Waals surface area contributed by atoms with Crippen molar-refractivity contribution in [2.24, 2.45) is 0 Å². The summed E-state index contributed by atoms with van der Waals surface area (Å²) < 4.78 is 25.5. The first kappa shape index (κ1) is 21.6. The summed E-state index contributed by atoms with van der Waals surface area (Å²) in [6.07, 6.45) is 0. The van der Waals surface area contributed by atoms with Crippen molar-refractivity contribution in [1.82, 2.24) is 5.32 Å². The Bertz CT molecular complexity index is 883. The lowest BCUT2D eigenvalue weighted by Crippen LogP contribution is -2.32. The number of amides is 1. The SMILES string of the molecule is CC(NC(=O)CS(=O)(=O)Cc1ccc(Br)cc1)c1ccc(C(C)(C)C)cc1. The van der Waals surface area contributed by atoms with Gasteiger partial charge in [0, 0.05) is 4.47 Å². The second-order valence-electron chi connectivity index (χ2n) is 7.82. The van der Waals surface area contributed by atoms with Crippen LogP contribution in [0.1, 0.15) is 50.4 Å². The third-order valence-electron chi connectivity index (χ3n) is 4.31. The minimum atomic E-state index is -3.53. The molecule has 27 heavy (non-hydrogen) atoms. The molecule has 146 valence electrons. The summed E-state index contributed by atoms with van der Waals surface area (Å²) in [7, 11) is -3.53. The van der Waals surface area contributed by atoms with Crippen LogP contribution in [0.3, 0.4) is 0 Å². The average Bonchev–Trinajstić information content (AvgIpc) is 2.55. The molecule has 0 radical (unpaired) electrons. The van der Waals surface area contributed by atoms with Crippen LogP contribution in [-0.2, 0) is 25.8 Å². The molecule has 0 saturated heterocycles. The number of hydrogen-bond donors (Lipinski definition) is 1. The Kier molecular flexibility index (Phi) is 6.87. The summed E-state index contributed by atoms with van der Waals surface area (Å²) in [5.41, 5.74) is 2.88. The molecule has 1 atom stereocenters. The van der Waals surface area contributed by atoms with Crippen molar-refractivity contribution in [2.75, 3.05) is 5.75 Å². The minimum absolute atomic E-state index is 0.0616. The maximum absolute atomic E-state index is 12.3. The Morgan fingerprint density at radius 1 is 1.04 bits per heavy atom. The average molecular weight is 452 g/mol. The molecule has 0 fully saturated rings.